The fraction of sp³-hybridized carbons (Fsp3) is 0.231. The quantitative estimate of drug-likeness (QED) is 0.139. The summed E-state index contributed by atoms with van der Waals surface area (Å²) in [5, 5.41) is 14.0. The number of fused-ring (bicyclic) bond motifs is 1. The lowest BCUT2D eigenvalue weighted by Crippen LogP contribution is -2.22. The van der Waals surface area contributed by atoms with E-state index in [1.807, 2.05) is 0 Å². The van der Waals surface area contributed by atoms with E-state index in [9.17, 15) is 14.7 Å². The van der Waals surface area contributed by atoms with Gasteiger partial charge in [0, 0.05) is 16.0 Å². The number of aldehydes is 1. The Balaban J connectivity index is 1.69. The van der Waals surface area contributed by atoms with Crippen LogP contribution in [0.4, 0.5) is 5.69 Å². The van der Waals surface area contributed by atoms with E-state index in [0.717, 1.165) is 32.8 Å². The third-order valence-electron chi connectivity index (χ3n) is 5.72. The number of nitrogens with zero attached hydrogens (tertiary/aromatic N) is 2. The molecule has 2 aromatic heterocycles. The summed E-state index contributed by atoms with van der Waals surface area (Å²) in [7, 11) is 0. The summed E-state index contributed by atoms with van der Waals surface area (Å²) in [5.41, 5.74) is 5.27. The van der Waals surface area contributed by atoms with Crippen LogP contribution >= 0.6 is 23.1 Å². The predicted octanol–water partition coefficient (Wildman–Crippen LogP) is 6.17. The van der Waals surface area contributed by atoms with Crippen molar-refractivity contribution < 1.29 is 14.7 Å². The molecule has 2 heterocycles. The van der Waals surface area contributed by atoms with Crippen LogP contribution < -0.4 is 5.32 Å². The normalized spacial score (nSPS) is 12.0. The van der Waals surface area contributed by atoms with Crippen LogP contribution in [0.5, 0.6) is 5.75 Å². The van der Waals surface area contributed by atoms with E-state index in [4.69, 9.17) is 0 Å². The molecule has 4 aromatic rings. The van der Waals surface area contributed by atoms with Crippen LogP contribution in [0.25, 0.3) is 21.3 Å². The number of aromatic nitrogens is 2. The molecule has 34 heavy (non-hydrogen) atoms. The van der Waals surface area contributed by atoms with E-state index in [1.54, 1.807) is 18.3 Å². The number of nitrogens with one attached hydrogen (secondary N) is 1. The number of phenols is 1. The van der Waals surface area contributed by atoms with Gasteiger partial charge in [0.15, 0.2) is 0 Å². The van der Waals surface area contributed by atoms with Gasteiger partial charge in [-0.05, 0) is 62.1 Å². The number of aromatic hydroxyl groups is 1. The van der Waals surface area contributed by atoms with Gasteiger partial charge in [-0.3, -0.25) is 9.59 Å². The lowest BCUT2D eigenvalue weighted by Gasteiger charge is -2.14. The molecule has 0 aliphatic carbocycles. The van der Waals surface area contributed by atoms with Crippen molar-refractivity contribution in [3.05, 3.63) is 64.3 Å². The second-order valence-electron chi connectivity index (χ2n) is 8.06. The summed E-state index contributed by atoms with van der Waals surface area (Å²) >= 11 is 3.00. The highest BCUT2D eigenvalue weighted by Crippen LogP contribution is 2.43. The maximum absolute atomic E-state index is 12.9. The highest BCUT2D eigenvalue weighted by molar-refractivity contribution is 8.00. The maximum atomic E-state index is 12.9. The average molecular weight is 492 g/mol. The van der Waals surface area contributed by atoms with Gasteiger partial charge in [-0.1, -0.05) is 36.9 Å². The number of hydrogen-bond acceptors (Lipinski definition) is 7. The summed E-state index contributed by atoms with van der Waals surface area (Å²) in [6.45, 7) is 8.12. The molecule has 0 saturated heterocycles. The van der Waals surface area contributed by atoms with Crippen molar-refractivity contribution in [1.82, 2.24) is 9.97 Å². The number of benzene rings is 2. The first kappa shape index (κ1) is 23.9. The summed E-state index contributed by atoms with van der Waals surface area (Å²) in [6, 6.07) is 10.8. The van der Waals surface area contributed by atoms with Gasteiger partial charge in [0.2, 0.25) is 5.91 Å². The van der Waals surface area contributed by atoms with Gasteiger partial charge in [0.25, 0.3) is 0 Å². The first-order valence-corrected chi connectivity index (χ1v) is 12.6. The summed E-state index contributed by atoms with van der Waals surface area (Å²) < 4.78 is 0. The fourth-order valence-electron chi connectivity index (χ4n) is 3.68. The molecule has 0 aliphatic heterocycles. The molecule has 0 saturated carbocycles. The van der Waals surface area contributed by atoms with Crippen molar-refractivity contribution in [2.45, 2.75) is 44.4 Å². The van der Waals surface area contributed by atoms with E-state index in [-0.39, 0.29) is 17.3 Å². The molecule has 0 fully saturated rings. The number of phenolic OH excluding ortho intramolecular Hbond substituents is 1. The van der Waals surface area contributed by atoms with Gasteiger partial charge in [0.05, 0.1) is 16.3 Å². The smallest absolute Gasteiger partial charge is 0.237 e. The number of carbonyl (C=O) groups is 2. The molecule has 0 radical (unpaired) electrons. The minimum atomic E-state index is -0.505. The second-order valence-corrected chi connectivity index (χ2v) is 10.5. The topological polar surface area (TPSA) is 92.2 Å². The zero-order chi connectivity index (χ0) is 24.4. The Labute approximate surface area is 206 Å². The molecule has 0 spiro atoms. The van der Waals surface area contributed by atoms with Gasteiger partial charge in [-0.25, -0.2) is 9.97 Å². The fourth-order valence-corrected chi connectivity index (χ4v) is 5.77. The van der Waals surface area contributed by atoms with Gasteiger partial charge in [-0.2, -0.15) is 0 Å². The van der Waals surface area contributed by atoms with E-state index >= 15 is 0 Å². The number of carbonyl (C=O) groups excluding carboxylic acids is 2. The Morgan fingerprint density at radius 3 is 2.68 bits per heavy atom. The summed E-state index contributed by atoms with van der Waals surface area (Å²) in [4.78, 5) is 35.2. The Hall–Kier alpha value is -3.23. The molecule has 0 bridgehead atoms. The molecule has 8 heteroatoms. The molecule has 2 N–H and O–H groups in total. The van der Waals surface area contributed by atoms with Gasteiger partial charge in [-0.15, -0.1) is 11.3 Å². The standard InChI is InChI=1S/C26H25N3O3S2/c1-5-21-22(18-8-6-14(2)15(3)10-18)23-25(27-13-28-26(23)34-21)33-16(4)24(32)29-19-11-17(12-30)7-9-20(19)31/h6-13,16,31H,5H2,1-4H3,(H,29,32). The van der Waals surface area contributed by atoms with Gasteiger partial charge < -0.3 is 10.4 Å². The van der Waals surface area contributed by atoms with Crippen LogP contribution in [-0.2, 0) is 11.2 Å². The number of hydrogen-bond donors (Lipinski definition) is 2. The van der Waals surface area contributed by atoms with Crippen LogP contribution in [0.3, 0.4) is 0 Å². The first-order chi connectivity index (χ1) is 16.3. The molecule has 4 rings (SSSR count). The molecule has 1 atom stereocenters. The SMILES string of the molecule is CCc1sc2ncnc(SC(C)C(=O)Nc3cc(C=O)ccc3O)c2c1-c1ccc(C)c(C)c1. The van der Waals surface area contributed by atoms with Gasteiger partial charge >= 0.3 is 0 Å². The minimum absolute atomic E-state index is 0.0944. The second kappa shape index (κ2) is 9.95. The highest BCUT2D eigenvalue weighted by atomic mass is 32.2. The highest BCUT2D eigenvalue weighted by Gasteiger charge is 2.23. The van der Waals surface area contributed by atoms with Crippen LogP contribution in [0.15, 0.2) is 47.8 Å². The number of thiophene rings is 1. The van der Waals surface area contributed by atoms with Crippen LogP contribution in [-0.4, -0.2) is 32.5 Å². The van der Waals surface area contributed by atoms with Crippen LogP contribution in [0.1, 0.15) is 40.2 Å². The lowest BCUT2D eigenvalue weighted by molar-refractivity contribution is -0.115. The van der Waals surface area contributed by atoms with Crippen LogP contribution in [0, 0.1) is 13.8 Å². The molecular formula is C26H25N3O3S2. The van der Waals surface area contributed by atoms with Crippen molar-refractivity contribution in [2.24, 2.45) is 0 Å². The Bertz CT molecular complexity index is 1400. The van der Waals surface area contributed by atoms with Crippen LogP contribution in [0.2, 0.25) is 0 Å². The third-order valence-corrected chi connectivity index (χ3v) is 8.06. The largest absolute Gasteiger partial charge is 0.506 e. The number of thioether (sulfide) groups is 1. The van der Waals surface area contributed by atoms with Crippen molar-refractivity contribution in [2.75, 3.05) is 5.32 Å². The molecule has 2 aromatic carbocycles. The van der Waals surface area contributed by atoms with Crippen molar-refractivity contribution in [3.8, 4) is 16.9 Å². The molecule has 174 valence electrons. The van der Waals surface area contributed by atoms with E-state index in [0.29, 0.717) is 11.8 Å². The first-order valence-electron chi connectivity index (χ1n) is 10.9. The molecular weight excluding hydrogens is 466 g/mol. The van der Waals surface area contributed by atoms with Gasteiger partial charge in [0.1, 0.15) is 28.2 Å². The monoisotopic (exact) mass is 491 g/mol. The molecule has 1 unspecified atom stereocenters. The zero-order valence-corrected chi connectivity index (χ0v) is 21.0. The maximum Gasteiger partial charge on any atom is 0.237 e. The van der Waals surface area contributed by atoms with Crippen molar-refractivity contribution in [1.29, 1.82) is 0 Å². The number of rotatable bonds is 7. The summed E-state index contributed by atoms with van der Waals surface area (Å²) in [6.07, 6.45) is 3.08. The Morgan fingerprint density at radius 1 is 1.18 bits per heavy atom. The third kappa shape index (κ3) is 4.69. The van der Waals surface area contributed by atoms with E-state index < -0.39 is 5.25 Å². The zero-order valence-electron chi connectivity index (χ0n) is 19.4. The molecule has 0 aliphatic rings. The average Bonchev–Trinajstić information content (AvgIpc) is 3.22. The van der Waals surface area contributed by atoms with E-state index in [1.165, 1.54) is 52.3 Å². The Kier molecular flexibility index (Phi) is 7.00. The number of anilines is 1. The predicted molar refractivity (Wildman–Crippen MR) is 139 cm³/mol. The molecule has 6 nitrogen and oxygen atoms in total. The number of amides is 1. The minimum Gasteiger partial charge on any atom is -0.506 e. The summed E-state index contributed by atoms with van der Waals surface area (Å²) in [5.74, 6) is -0.392. The number of aryl methyl sites for hydroxylation is 3. The van der Waals surface area contributed by atoms with E-state index in [2.05, 4.69) is 54.3 Å². The van der Waals surface area contributed by atoms with Crippen molar-refractivity contribution >= 4 is 51.2 Å². The Morgan fingerprint density at radius 2 is 1.97 bits per heavy atom. The van der Waals surface area contributed by atoms with Crippen molar-refractivity contribution in [3.63, 3.8) is 0 Å². The lowest BCUT2D eigenvalue weighted by atomic mass is 9.98. The molecule has 1 amide bonds.